The van der Waals surface area contributed by atoms with Crippen molar-refractivity contribution < 1.29 is 4.28 Å². The van der Waals surface area contributed by atoms with Gasteiger partial charge in [0.2, 0.25) is 0 Å². The molecule has 0 atom stereocenters. The zero-order valence-corrected chi connectivity index (χ0v) is 7.56. The Morgan fingerprint density at radius 2 is 2.15 bits per heavy atom. The molecule has 2 rings (SSSR count). The van der Waals surface area contributed by atoms with Crippen molar-refractivity contribution in [1.82, 2.24) is 9.97 Å². The van der Waals surface area contributed by atoms with E-state index in [-0.39, 0.29) is 9.97 Å². The zero-order chi connectivity index (χ0) is 9.42. The van der Waals surface area contributed by atoms with Crippen molar-refractivity contribution in [3.63, 3.8) is 0 Å². The Kier molecular flexibility index (Phi) is 1.62. The Balaban J connectivity index is 0. The second kappa shape index (κ2) is 2.65. The topological polar surface area (TPSA) is 60.7 Å². The third kappa shape index (κ3) is 1.20. The van der Waals surface area contributed by atoms with Crippen molar-refractivity contribution in [3.05, 3.63) is 28.2 Å². The first-order chi connectivity index (χ1) is 6.20. The first-order valence-corrected chi connectivity index (χ1v) is 4.11. The van der Waals surface area contributed by atoms with Gasteiger partial charge < -0.3 is 15.3 Å². The predicted molar refractivity (Wildman–Crippen MR) is 59.5 cm³/mol. The number of anilines is 1. The van der Waals surface area contributed by atoms with Crippen molar-refractivity contribution in [3.8, 4) is 0 Å². The molecule has 4 heteroatoms. The molecule has 0 saturated heterocycles. The van der Waals surface area contributed by atoms with Crippen LogP contribution in [0.15, 0.2) is 16.9 Å². The Bertz CT molecular complexity index is 506. The van der Waals surface area contributed by atoms with Crippen LogP contribution in [0.5, 0.6) is 0 Å². The number of imidazole rings is 1. The lowest BCUT2D eigenvalue weighted by atomic mass is 10.2. The van der Waals surface area contributed by atoms with Crippen molar-refractivity contribution in [1.29, 1.82) is 0 Å². The lowest BCUT2D eigenvalue weighted by Crippen LogP contribution is -1.99. The fourth-order valence-corrected chi connectivity index (χ4v) is 1.46. The summed E-state index contributed by atoms with van der Waals surface area (Å²) in [5.74, 6) is 0. The molecule has 1 aromatic carbocycles. The summed E-state index contributed by atoms with van der Waals surface area (Å²) in [5.41, 5.74) is 3.62. The molecule has 0 fully saturated rings. The summed E-state index contributed by atoms with van der Waals surface area (Å²) in [6, 6.07) is 3.90. The van der Waals surface area contributed by atoms with Gasteiger partial charge in [-0.15, -0.1) is 0 Å². The number of rotatable bonds is 1. The van der Waals surface area contributed by atoms with Gasteiger partial charge in [0, 0.05) is 17.0 Å². The summed E-state index contributed by atoms with van der Waals surface area (Å²) in [5, 5.41) is 3.03. The maximum Gasteiger partial charge on any atom is 0.323 e. The van der Waals surface area contributed by atoms with Crippen LogP contribution in [0.2, 0.25) is 0 Å². The second-order valence-electron chi connectivity index (χ2n) is 3.04. The van der Waals surface area contributed by atoms with E-state index in [2.05, 4.69) is 15.3 Å². The second-order valence-corrected chi connectivity index (χ2v) is 3.04. The van der Waals surface area contributed by atoms with E-state index in [1.807, 2.05) is 26.1 Å². The molecule has 0 amide bonds. The molecule has 13 heavy (non-hydrogen) atoms. The molecule has 1 heterocycles. The molecule has 2 aromatic rings. The Hall–Kier alpha value is -1.71. The standard InChI is InChI=1S/C9H11N3O.3H2/c1-5-3-6(10-2)4-7-8(5)12-9(13)11-7;;;/h3-4,10H,1-2H3,(H2,11,12,13);3*1H. The number of hydrogen-bond donors (Lipinski definition) is 3. The van der Waals surface area contributed by atoms with Crippen LogP contribution in [0.4, 0.5) is 5.69 Å². The fourth-order valence-electron chi connectivity index (χ4n) is 1.46. The number of aromatic amines is 2. The maximum absolute atomic E-state index is 11.0. The number of fused-ring (bicyclic) bond motifs is 1. The molecular formula is C9H17N3O. The van der Waals surface area contributed by atoms with Crippen molar-refractivity contribution in [2.24, 2.45) is 0 Å². The lowest BCUT2D eigenvalue weighted by molar-refractivity contribution is 1.21. The van der Waals surface area contributed by atoms with Gasteiger partial charge in [-0.3, -0.25) is 0 Å². The van der Waals surface area contributed by atoms with Gasteiger partial charge in [0.25, 0.3) is 0 Å². The van der Waals surface area contributed by atoms with Crippen LogP contribution >= 0.6 is 0 Å². The Labute approximate surface area is 79.4 Å². The largest absolute Gasteiger partial charge is 0.388 e. The summed E-state index contributed by atoms with van der Waals surface area (Å²) < 4.78 is 0. The molecule has 1 aromatic heterocycles. The monoisotopic (exact) mass is 183 g/mol. The van der Waals surface area contributed by atoms with E-state index in [0.717, 1.165) is 22.3 Å². The van der Waals surface area contributed by atoms with E-state index in [1.54, 1.807) is 0 Å². The van der Waals surface area contributed by atoms with Crippen LogP contribution in [0.3, 0.4) is 0 Å². The van der Waals surface area contributed by atoms with E-state index in [9.17, 15) is 4.79 Å². The van der Waals surface area contributed by atoms with Crippen molar-refractivity contribution >= 4 is 16.7 Å². The summed E-state index contributed by atoms with van der Waals surface area (Å²) in [6.07, 6.45) is 0. The third-order valence-electron chi connectivity index (χ3n) is 2.11. The van der Waals surface area contributed by atoms with Gasteiger partial charge in [0.1, 0.15) is 0 Å². The molecular weight excluding hydrogens is 166 g/mol. The first kappa shape index (κ1) is 7.91. The number of aryl methyl sites for hydroxylation is 1. The molecule has 4 nitrogen and oxygen atoms in total. The summed E-state index contributed by atoms with van der Waals surface area (Å²) in [4.78, 5) is 16.5. The molecule has 0 bridgehead atoms. The normalized spacial score (nSPS) is 10.6. The van der Waals surface area contributed by atoms with Crippen molar-refractivity contribution in [2.75, 3.05) is 12.4 Å². The molecule has 0 aliphatic heterocycles. The van der Waals surface area contributed by atoms with Crippen LogP contribution < -0.4 is 11.0 Å². The minimum Gasteiger partial charge on any atom is -0.388 e. The first-order valence-electron chi connectivity index (χ1n) is 4.11. The number of nitrogens with one attached hydrogen (secondary N) is 3. The highest BCUT2D eigenvalue weighted by Gasteiger charge is 2.02. The van der Waals surface area contributed by atoms with Crippen LogP contribution in [0.1, 0.15) is 9.84 Å². The molecule has 74 valence electrons. The summed E-state index contributed by atoms with van der Waals surface area (Å²) in [7, 11) is 1.85. The van der Waals surface area contributed by atoms with E-state index >= 15 is 0 Å². The number of H-pyrrole nitrogens is 2. The quantitative estimate of drug-likeness (QED) is 0.632. The molecule has 0 radical (unpaired) electrons. The molecule has 0 spiro atoms. The summed E-state index contributed by atoms with van der Waals surface area (Å²) >= 11 is 0. The molecule has 0 aliphatic carbocycles. The smallest absolute Gasteiger partial charge is 0.323 e. The maximum atomic E-state index is 11.0. The minimum atomic E-state index is -0.161. The highest BCUT2D eigenvalue weighted by molar-refractivity contribution is 5.82. The van der Waals surface area contributed by atoms with E-state index in [4.69, 9.17) is 0 Å². The zero-order valence-electron chi connectivity index (χ0n) is 7.56. The highest BCUT2D eigenvalue weighted by atomic mass is 16.1. The van der Waals surface area contributed by atoms with Gasteiger partial charge in [-0.2, -0.15) is 0 Å². The minimum absolute atomic E-state index is 0. The summed E-state index contributed by atoms with van der Waals surface area (Å²) in [6.45, 7) is 1.97. The van der Waals surface area contributed by atoms with Crippen LogP contribution in [-0.2, 0) is 0 Å². The molecule has 0 aliphatic rings. The van der Waals surface area contributed by atoms with Crippen LogP contribution in [0.25, 0.3) is 11.0 Å². The van der Waals surface area contributed by atoms with Gasteiger partial charge >= 0.3 is 5.69 Å². The Morgan fingerprint density at radius 1 is 1.38 bits per heavy atom. The van der Waals surface area contributed by atoms with Gasteiger partial charge in [0.15, 0.2) is 0 Å². The molecule has 3 N–H and O–H groups in total. The van der Waals surface area contributed by atoms with Gasteiger partial charge in [-0.1, -0.05) is 0 Å². The van der Waals surface area contributed by atoms with Crippen molar-refractivity contribution in [2.45, 2.75) is 6.92 Å². The van der Waals surface area contributed by atoms with Crippen LogP contribution in [-0.4, -0.2) is 17.0 Å². The highest BCUT2D eigenvalue weighted by Crippen LogP contribution is 2.18. The average molecular weight is 183 g/mol. The molecule has 0 saturated carbocycles. The van der Waals surface area contributed by atoms with E-state index in [0.29, 0.717) is 0 Å². The van der Waals surface area contributed by atoms with Gasteiger partial charge in [-0.25, -0.2) is 4.79 Å². The van der Waals surface area contributed by atoms with E-state index < -0.39 is 0 Å². The van der Waals surface area contributed by atoms with Gasteiger partial charge in [-0.05, 0) is 24.6 Å². The van der Waals surface area contributed by atoms with Crippen LogP contribution in [0, 0.1) is 6.92 Å². The average Bonchev–Trinajstić information content (AvgIpc) is 2.46. The number of benzene rings is 1. The predicted octanol–water partition coefficient (Wildman–Crippen LogP) is 1.94. The van der Waals surface area contributed by atoms with E-state index in [1.165, 1.54) is 0 Å². The Morgan fingerprint density at radius 3 is 2.85 bits per heavy atom. The number of aromatic nitrogens is 2. The number of hydrogen-bond acceptors (Lipinski definition) is 2. The third-order valence-corrected chi connectivity index (χ3v) is 2.11. The fraction of sp³-hybridized carbons (Fsp3) is 0.222. The molecule has 0 unspecified atom stereocenters. The van der Waals surface area contributed by atoms with Gasteiger partial charge in [0.05, 0.1) is 11.0 Å². The SMILES string of the molecule is CNc1cc(C)c2[nH]c(=O)[nH]c2c1.[HH].[HH].[HH]. The lowest BCUT2D eigenvalue weighted by Gasteiger charge is -2.01.